The first kappa shape index (κ1) is 12.7. The van der Waals surface area contributed by atoms with Crippen molar-refractivity contribution in [2.75, 3.05) is 0 Å². The van der Waals surface area contributed by atoms with Crippen LogP contribution in [0.2, 0.25) is 5.02 Å². The summed E-state index contributed by atoms with van der Waals surface area (Å²) in [6, 6.07) is 10.5. The fraction of sp³-hybridized carbons (Fsp3) is 0.0667. The van der Waals surface area contributed by atoms with E-state index in [4.69, 9.17) is 21.8 Å². The van der Waals surface area contributed by atoms with Crippen LogP contribution in [0.25, 0.3) is 22.6 Å². The van der Waals surface area contributed by atoms with E-state index in [1.54, 1.807) is 24.3 Å². The molecule has 0 radical (unpaired) electrons. The number of hydrogen-bond acceptors (Lipinski definition) is 3. The highest BCUT2D eigenvalue weighted by Crippen LogP contribution is 2.29. The molecule has 0 bridgehead atoms. The minimum absolute atomic E-state index is 0.351. The number of nitrogens with two attached hydrogens (primary N) is 1. The summed E-state index contributed by atoms with van der Waals surface area (Å²) in [5.74, 6) is -0.0776. The van der Waals surface area contributed by atoms with Crippen molar-refractivity contribution >= 4 is 28.6 Å². The maximum Gasteiger partial charge on any atom is 0.251 e. The predicted octanol–water partition coefficient (Wildman–Crippen LogP) is 3.56. The zero-order valence-electron chi connectivity index (χ0n) is 10.7. The van der Waals surface area contributed by atoms with E-state index >= 15 is 0 Å². The van der Waals surface area contributed by atoms with Gasteiger partial charge in [-0.1, -0.05) is 17.7 Å². The Kier molecular flexibility index (Phi) is 2.95. The lowest BCUT2D eigenvalue weighted by atomic mass is 10.1. The van der Waals surface area contributed by atoms with E-state index in [0.717, 1.165) is 11.1 Å². The average molecular weight is 287 g/mol. The Morgan fingerprint density at radius 1 is 1.30 bits per heavy atom. The van der Waals surface area contributed by atoms with Crippen LogP contribution in [0.15, 0.2) is 40.8 Å². The molecule has 20 heavy (non-hydrogen) atoms. The van der Waals surface area contributed by atoms with Crippen LogP contribution < -0.4 is 5.73 Å². The number of aromatic nitrogens is 1. The SMILES string of the molecule is Cc1cc(Cl)ccc1-c1nc2c(C(N)=O)cccc2o1. The molecule has 0 fully saturated rings. The number of hydrogen-bond donors (Lipinski definition) is 1. The zero-order valence-corrected chi connectivity index (χ0v) is 11.4. The van der Waals surface area contributed by atoms with Crippen LogP contribution in [0.1, 0.15) is 15.9 Å². The number of carbonyl (C=O) groups is 1. The number of fused-ring (bicyclic) bond motifs is 1. The first-order valence-corrected chi connectivity index (χ1v) is 6.40. The molecule has 2 aromatic carbocycles. The molecule has 0 aliphatic heterocycles. The molecule has 3 aromatic rings. The summed E-state index contributed by atoms with van der Waals surface area (Å²) in [4.78, 5) is 15.8. The van der Waals surface area contributed by atoms with Crippen molar-refractivity contribution in [1.29, 1.82) is 0 Å². The van der Waals surface area contributed by atoms with Crippen LogP contribution in [0.5, 0.6) is 0 Å². The molecule has 5 heteroatoms. The molecule has 4 nitrogen and oxygen atoms in total. The van der Waals surface area contributed by atoms with E-state index in [9.17, 15) is 4.79 Å². The number of para-hydroxylation sites is 1. The molecule has 0 saturated carbocycles. The van der Waals surface area contributed by atoms with Crippen molar-refractivity contribution in [2.24, 2.45) is 5.73 Å². The summed E-state index contributed by atoms with van der Waals surface area (Å²) in [7, 11) is 0. The van der Waals surface area contributed by atoms with Crippen LogP contribution in [0.3, 0.4) is 0 Å². The Bertz CT molecular complexity index is 824. The summed E-state index contributed by atoms with van der Waals surface area (Å²) < 4.78 is 5.70. The van der Waals surface area contributed by atoms with Gasteiger partial charge in [-0.25, -0.2) is 4.98 Å². The minimum atomic E-state index is -0.525. The van der Waals surface area contributed by atoms with E-state index in [0.29, 0.717) is 27.6 Å². The molecule has 0 aliphatic rings. The lowest BCUT2D eigenvalue weighted by Crippen LogP contribution is -2.11. The summed E-state index contributed by atoms with van der Waals surface area (Å²) in [5, 5.41) is 0.653. The van der Waals surface area contributed by atoms with Crippen molar-refractivity contribution in [3.8, 4) is 11.5 Å². The van der Waals surface area contributed by atoms with Crippen molar-refractivity contribution < 1.29 is 9.21 Å². The number of nitrogens with zero attached hydrogens (tertiary/aromatic N) is 1. The number of oxazole rings is 1. The van der Waals surface area contributed by atoms with E-state index in [-0.39, 0.29) is 0 Å². The maximum absolute atomic E-state index is 11.4. The largest absolute Gasteiger partial charge is 0.436 e. The van der Waals surface area contributed by atoms with Gasteiger partial charge in [0, 0.05) is 10.6 Å². The highest BCUT2D eigenvalue weighted by molar-refractivity contribution is 6.30. The molecule has 1 heterocycles. The molecular weight excluding hydrogens is 276 g/mol. The topological polar surface area (TPSA) is 69.1 Å². The van der Waals surface area contributed by atoms with Crippen LogP contribution in [0.4, 0.5) is 0 Å². The van der Waals surface area contributed by atoms with Crippen LogP contribution in [-0.2, 0) is 0 Å². The highest BCUT2D eigenvalue weighted by atomic mass is 35.5. The molecule has 3 rings (SSSR count). The molecule has 2 N–H and O–H groups in total. The van der Waals surface area contributed by atoms with Crippen LogP contribution in [0, 0.1) is 6.92 Å². The second-order valence-corrected chi connectivity index (χ2v) is 4.93. The third kappa shape index (κ3) is 2.04. The molecule has 1 aromatic heterocycles. The fourth-order valence-electron chi connectivity index (χ4n) is 2.13. The number of benzene rings is 2. The first-order chi connectivity index (χ1) is 9.56. The van der Waals surface area contributed by atoms with Gasteiger partial charge in [0.05, 0.1) is 5.56 Å². The highest BCUT2D eigenvalue weighted by Gasteiger charge is 2.15. The van der Waals surface area contributed by atoms with E-state index in [2.05, 4.69) is 4.98 Å². The van der Waals surface area contributed by atoms with Crippen molar-refractivity contribution in [1.82, 2.24) is 4.98 Å². The third-order valence-corrected chi connectivity index (χ3v) is 3.34. The van der Waals surface area contributed by atoms with Crippen LogP contribution in [-0.4, -0.2) is 10.9 Å². The Hall–Kier alpha value is -2.33. The van der Waals surface area contributed by atoms with E-state index in [1.807, 2.05) is 19.1 Å². The summed E-state index contributed by atoms with van der Waals surface area (Å²) in [6.07, 6.45) is 0. The van der Waals surface area contributed by atoms with Gasteiger partial charge in [0.2, 0.25) is 5.89 Å². The summed E-state index contributed by atoms with van der Waals surface area (Å²) in [6.45, 7) is 1.92. The Morgan fingerprint density at radius 3 is 2.80 bits per heavy atom. The normalized spacial score (nSPS) is 10.9. The van der Waals surface area contributed by atoms with Crippen molar-refractivity contribution in [2.45, 2.75) is 6.92 Å². The Labute approximate surface area is 120 Å². The molecule has 100 valence electrons. The first-order valence-electron chi connectivity index (χ1n) is 6.02. The quantitative estimate of drug-likeness (QED) is 0.783. The Morgan fingerprint density at radius 2 is 2.10 bits per heavy atom. The van der Waals surface area contributed by atoms with E-state index < -0.39 is 5.91 Å². The van der Waals surface area contributed by atoms with Gasteiger partial charge in [-0.3, -0.25) is 4.79 Å². The van der Waals surface area contributed by atoms with Gasteiger partial charge >= 0.3 is 0 Å². The summed E-state index contributed by atoms with van der Waals surface area (Å²) >= 11 is 5.94. The smallest absolute Gasteiger partial charge is 0.251 e. The number of primary amides is 1. The molecule has 0 atom stereocenters. The average Bonchev–Trinajstić information content (AvgIpc) is 2.81. The number of rotatable bonds is 2. The molecule has 0 spiro atoms. The monoisotopic (exact) mass is 286 g/mol. The second-order valence-electron chi connectivity index (χ2n) is 4.49. The van der Waals surface area contributed by atoms with Crippen LogP contribution >= 0.6 is 11.6 Å². The molecular formula is C15H11ClN2O2. The Balaban J connectivity index is 2.23. The number of amides is 1. The third-order valence-electron chi connectivity index (χ3n) is 3.10. The fourth-order valence-corrected chi connectivity index (χ4v) is 2.36. The van der Waals surface area contributed by atoms with Gasteiger partial charge in [-0.05, 0) is 42.8 Å². The number of carbonyl (C=O) groups excluding carboxylic acids is 1. The lowest BCUT2D eigenvalue weighted by molar-refractivity contribution is 0.100. The van der Waals surface area contributed by atoms with Gasteiger partial charge < -0.3 is 10.2 Å². The number of aryl methyl sites for hydroxylation is 1. The lowest BCUT2D eigenvalue weighted by Gasteiger charge is -2.00. The molecule has 1 amide bonds. The minimum Gasteiger partial charge on any atom is -0.436 e. The van der Waals surface area contributed by atoms with E-state index in [1.165, 1.54) is 0 Å². The van der Waals surface area contributed by atoms with Gasteiger partial charge in [0.15, 0.2) is 5.58 Å². The maximum atomic E-state index is 11.4. The standard InChI is InChI=1S/C15H11ClN2O2/c1-8-7-9(16)5-6-10(8)15-18-13-11(14(17)19)3-2-4-12(13)20-15/h2-7H,1H3,(H2,17,19). The van der Waals surface area contributed by atoms with Gasteiger partial charge in [0.25, 0.3) is 5.91 Å². The summed E-state index contributed by atoms with van der Waals surface area (Å²) in [5.41, 5.74) is 8.48. The second kappa shape index (κ2) is 4.65. The number of halogens is 1. The van der Waals surface area contributed by atoms with Gasteiger partial charge in [-0.15, -0.1) is 0 Å². The van der Waals surface area contributed by atoms with Gasteiger partial charge in [-0.2, -0.15) is 0 Å². The zero-order chi connectivity index (χ0) is 14.3. The molecule has 0 unspecified atom stereocenters. The molecule has 0 saturated heterocycles. The van der Waals surface area contributed by atoms with Gasteiger partial charge in [0.1, 0.15) is 5.52 Å². The predicted molar refractivity (Wildman–Crippen MR) is 77.7 cm³/mol. The molecule has 0 aliphatic carbocycles. The van der Waals surface area contributed by atoms with Crippen molar-refractivity contribution in [3.05, 3.63) is 52.5 Å². The van der Waals surface area contributed by atoms with Crippen molar-refractivity contribution in [3.63, 3.8) is 0 Å².